The number of fused-ring (bicyclic) bond motifs is 1. The van der Waals surface area contributed by atoms with Gasteiger partial charge in [-0.05, 0) is 0 Å². The van der Waals surface area contributed by atoms with E-state index in [9.17, 15) is 9.90 Å². The molecule has 0 radical (unpaired) electrons. The maximum absolute atomic E-state index is 12.7. The molecule has 1 heterocycles. The third-order valence-corrected chi connectivity index (χ3v) is 5.19. The molecule has 1 aromatic heterocycles. The number of hydrogen-bond acceptors (Lipinski definition) is 4. The van der Waals surface area contributed by atoms with Crippen molar-refractivity contribution in [2.45, 2.75) is 0 Å². The topological polar surface area (TPSA) is 62.8 Å². The fraction of sp³-hybridized carbons (Fsp3) is 0. The van der Waals surface area contributed by atoms with Crippen LogP contribution in [-0.2, 0) is 0 Å². The first kappa shape index (κ1) is 19.5. The number of phenolic OH excluding ortho intramolecular Hbond substituents is 1. The predicted molar refractivity (Wildman–Crippen MR) is 128 cm³/mol. The monoisotopic (exact) mass is 417 g/mol. The first-order valence-electron chi connectivity index (χ1n) is 10.2. The lowest BCUT2D eigenvalue weighted by atomic mass is 10.0. The summed E-state index contributed by atoms with van der Waals surface area (Å²) < 4.78 is 6.01. The SMILES string of the molecule is O=c1cc(-c2ccccc2)oc2cc(N=C(c3ccccc3)c3ccccc3)cc(O)c12. The summed E-state index contributed by atoms with van der Waals surface area (Å²) in [6.07, 6.45) is 0. The molecule has 1 N–H and O–H groups in total. The molecule has 0 spiro atoms. The summed E-state index contributed by atoms with van der Waals surface area (Å²) in [5.41, 5.74) is 3.90. The fourth-order valence-electron chi connectivity index (χ4n) is 3.68. The molecule has 0 aliphatic heterocycles. The summed E-state index contributed by atoms with van der Waals surface area (Å²) in [6, 6.07) is 33.7. The second-order valence-electron chi connectivity index (χ2n) is 7.37. The van der Waals surface area contributed by atoms with Crippen LogP contribution in [0.15, 0.2) is 123 Å². The molecule has 4 aromatic carbocycles. The highest BCUT2D eigenvalue weighted by Gasteiger charge is 2.13. The molecule has 0 unspecified atom stereocenters. The molecule has 0 saturated heterocycles. The average molecular weight is 417 g/mol. The number of aromatic hydroxyl groups is 1. The van der Waals surface area contributed by atoms with Gasteiger partial charge in [0.1, 0.15) is 22.5 Å². The Hall–Kier alpha value is -4.44. The van der Waals surface area contributed by atoms with E-state index in [0.717, 1.165) is 22.4 Å². The smallest absolute Gasteiger partial charge is 0.197 e. The Morgan fingerprint density at radius 1 is 0.719 bits per heavy atom. The van der Waals surface area contributed by atoms with Gasteiger partial charge < -0.3 is 9.52 Å². The molecule has 0 aliphatic carbocycles. The summed E-state index contributed by atoms with van der Waals surface area (Å²) >= 11 is 0. The minimum Gasteiger partial charge on any atom is -0.507 e. The molecule has 5 rings (SSSR count). The Bertz CT molecular complexity index is 1430. The van der Waals surface area contributed by atoms with Crippen molar-refractivity contribution >= 4 is 22.4 Å². The zero-order valence-corrected chi connectivity index (χ0v) is 17.1. The molecule has 0 bridgehead atoms. The summed E-state index contributed by atoms with van der Waals surface area (Å²) in [4.78, 5) is 17.6. The highest BCUT2D eigenvalue weighted by Crippen LogP contribution is 2.32. The Kier molecular flexibility index (Phi) is 5.10. The van der Waals surface area contributed by atoms with Crippen molar-refractivity contribution in [3.8, 4) is 17.1 Å². The predicted octanol–water partition coefficient (Wildman–Crippen LogP) is 6.33. The van der Waals surface area contributed by atoms with Gasteiger partial charge in [0, 0.05) is 34.9 Å². The third kappa shape index (κ3) is 3.82. The van der Waals surface area contributed by atoms with Crippen molar-refractivity contribution in [3.05, 3.63) is 131 Å². The maximum Gasteiger partial charge on any atom is 0.197 e. The van der Waals surface area contributed by atoms with Gasteiger partial charge in [-0.15, -0.1) is 0 Å². The van der Waals surface area contributed by atoms with E-state index in [2.05, 4.69) is 0 Å². The molecule has 0 saturated carbocycles. The summed E-state index contributed by atoms with van der Waals surface area (Å²) in [7, 11) is 0. The van der Waals surface area contributed by atoms with Crippen molar-refractivity contribution in [3.63, 3.8) is 0 Å². The average Bonchev–Trinajstić information content (AvgIpc) is 2.84. The van der Waals surface area contributed by atoms with Crippen molar-refractivity contribution in [1.29, 1.82) is 0 Å². The Morgan fingerprint density at radius 2 is 1.28 bits per heavy atom. The van der Waals surface area contributed by atoms with Crippen molar-refractivity contribution in [2.24, 2.45) is 4.99 Å². The number of phenols is 1. The third-order valence-electron chi connectivity index (χ3n) is 5.19. The van der Waals surface area contributed by atoms with Gasteiger partial charge >= 0.3 is 0 Å². The molecular formula is C28H19NO3. The molecule has 5 aromatic rings. The first-order valence-corrected chi connectivity index (χ1v) is 10.2. The van der Waals surface area contributed by atoms with E-state index in [1.165, 1.54) is 12.1 Å². The Balaban J connectivity index is 1.71. The quantitative estimate of drug-likeness (QED) is 0.347. The second-order valence-corrected chi connectivity index (χ2v) is 7.37. The number of hydrogen-bond donors (Lipinski definition) is 1. The van der Waals surface area contributed by atoms with Crippen LogP contribution in [0.1, 0.15) is 11.1 Å². The van der Waals surface area contributed by atoms with Crippen LogP contribution in [0.3, 0.4) is 0 Å². The number of aliphatic imine (C=N–C) groups is 1. The second kappa shape index (κ2) is 8.36. The van der Waals surface area contributed by atoms with Crippen molar-refractivity contribution in [2.75, 3.05) is 0 Å². The first-order chi connectivity index (χ1) is 15.7. The lowest BCUT2D eigenvalue weighted by molar-refractivity contribution is 0.480. The molecule has 32 heavy (non-hydrogen) atoms. The highest BCUT2D eigenvalue weighted by molar-refractivity contribution is 6.14. The van der Waals surface area contributed by atoms with E-state index in [-0.39, 0.29) is 22.1 Å². The number of benzene rings is 4. The van der Waals surface area contributed by atoms with Crippen molar-refractivity contribution < 1.29 is 9.52 Å². The van der Waals surface area contributed by atoms with Gasteiger partial charge in [0.05, 0.1) is 11.4 Å². The van der Waals surface area contributed by atoms with Crippen LogP contribution >= 0.6 is 0 Å². The number of rotatable bonds is 4. The fourth-order valence-corrected chi connectivity index (χ4v) is 3.68. The molecule has 4 nitrogen and oxygen atoms in total. The largest absolute Gasteiger partial charge is 0.507 e. The van der Waals surface area contributed by atoms with Crippen LogP contribution in [0, 0.1) is 0 Å². The van der Waals surface area contributed by atoms with Crippen LogP contribution in [0.25, 0.3) is 22.3 Å². The highest BCUT2D eigenvalue weighted by atomic mass is 16.3. The maximum atomic E-state index is 12.7. The van der Waals surface area contributed by atoms with E-state index in [0.29, 0.717) is 11.4 Å². The Morgan fingerprint density at radius 3 is 1.88 bits per heavy atom. The lowest BCUT2D eigenvalue weighted by Gasteiger charge is -2.09. The van der Waals surface area contributed by atoms with E-state index in [1.54, 1.807) is 6.07 Å². The normalized spacial score (nSPS) is 10.8. The zero-order chi connectivity index (χ0) is 21.9. The van der Waals surface area contributed by atoms with Gasteiger partial charge in [0.2, 0.25) is 0 Å². The van der Waals surface area contributed by atoms with E-state index >= 15 is 0 Å². The minimum atomic E-state index is -0.301. The van der Waals surface area contributed by atoms with Crippen LogP contribution in [0.4, 0.5) is 5.69 Å². The van der Waals surface area contributed by atoms with Gasteiger partial charge in [0.15, 0.2) is 5.43 Å². The van der Waals surface area contributed by atoms with Gasteiger partial charge in [-0.3, -0.25) is 4.79 Å². The van der Waals surface area contributed by atoms with E-state index in [4.69, 9.17) is 9.41 Å². The zero-order valence-electron chi connectivity index (χ0n) is 17.1. The standard InChI is InChI=1S/C28H19NO3/c30-23-16-22(29-28(20-12-6-2-7-13-20)21-14-8-3-9-15-21)17-26-27(23)24(31)18-25(32-26)19-10-4-1-5-11-19/h1-18,30H. The Labute approximate surface area is 184 Å². The molecule has 0 amide bonds. The molecule has 0 atom stereocenters. The molecule has 0 aliphatic rings. The molecule has 154 valence electrons. The van der Waals surface area contributed by atoms with Gasteiger partial charge in [-0.1, -0.05) is 91.0 Å². The molecular weight excluding hydrogens is 398 g/mol. The summed E-state index contributed by atoms with van der Waals surface area (Å²) in [6.45, 7) is 0. The van der Waals surface area contributed by atoms with Crippen LogP contribution in [0.5, 0.6) is 5.75 Å². The van der Waals surface area contributed by atoms with Gasteiger partial charge in [-0.25, -0.2) is 4.99 Å². The minimum absolute atomic E-state index is 0.143. The summed E-state index contributed by atoms with van der Waals surface area (Å²) in [5, 5.41) is 10.8. The van der Waals surface area contributed by atoms with Crippen LogP contribution in [-0.4, -0.2) is 10.8 Å². The summed E-state index contributed by atoms with van der Waals surface area (Å²) in [5.74, 6) is 0.282. The van der Waals surface area contributed by atoms with Gasteiger partial charge in [0.25, 0.3) is 0 Å². The van der Waals surface area contributed by atoms with E-state index in [1.807, 2.05) is 91.0 Å². The van der Waals surface area contributed by atoms with Crippen molar-refractivity contribution in [1.82, 2.24) is 0 Å². The number of nitrogens with zero attached hydrogens (tertiary/aromatic N) is 1. The molecule has 0 fully saturated rings. The van der Waals surface area contributed by atoms with Gasteiger partial charge in [-0.2, -0.15) is 0 Å². The van der Waals surface area contributed by atoms with Crippen LogP contribution in [0.2, 0.25) is 0 Å². The molecule has 4 heteroatoms. The lowest BCUT2D eigenvalue weighted by Crippen LogP contribution is -2.03. The van der Waals surface area contributed by atoms with E-state index < -0.39 is 0 Å². The van der Waals surface area contributed by atoms with Crippen LogP contribution < -0.4 is 5.43 Å².